The van der Waals surface area contributed by atoms with Crippen LogP contribution in [-0.4, -0.2) is 29.4 Å². The topological polar surface area (TPSA) is 46.3 Å². The first kappa shape index (κ1) is 8.72. The van der Waals surface area contributed by atoms with E-state index in [1.807, 2.05) is 0 Å². The molecular weight excluding hydrogens is 176 g/mol. The maximum Gasteiger partial charge on any atom is 0.230 e. The second kappa shape index (κ2) is 2.72. The number of carbonyl (C=O) groups excluding carboxylic acids is 1. The summed E-state index contributed by atoms with van der Waals surface area (Å²) in [5.41, 5.74) is 5.58. The van der Waals surface area contributed by atoms with Crippen molar-refractivity contribution in [2.24, 2.45) is 11.1 Å². The average molecular weight is 194 g/mol. The van der Waals surface area contributed by atoms with E-state index in [1.54, 1.807) is 0 Å². The summed E-state index contributed by atoms with van der Waals surface area (Å²) in [5, 5.41) is 0. The van der Waals surface area contributed by atoms with Gasteiger partial charge in [0.25, 0.3) is 0 Å². The number of fused-ring (bicyclic) bond motifs is 2. The lowest BCUT2D eigenvalue weighted by molar-refractivity contribution is -0.137. The molecule has 1 amide bonds. The van der Waals surface area contributed by atoms with Gasteiger partial charge in [0.1, 0.15) is 0 Å². The predicted octanol–water partition coefficient (Wildman–Crippen LogP) is 0.879. The van der Waals surface area contributed by atoms with Crippen molar-refractivity contribution in [2.75, 3.05) is 6.54 Å². The van der Waals surface area contributed by atoms with Gasteiger partial charge in [0.05, 0.1) is 5.41 Å². The second-order valence-electron chi connectivity index (χ2n) is 5.16. The number of nitrogens with two attached hydrogens (primary N) is 1. The van der Waals surface area contributed by atoms with Gasteiger partial charge < -0.3 is 10.6 Å². The molecule has 0 spiro atoms. The van der Waals surface area contributed by atoms with Gasteiger partial charge in [-0.05, 0) is 38.5 Å². The van der Waals surface area contributed by atoms with E-state index in [0.717, 1.165) is 12.8 Å². The zero-order valence-corrected chi connectivity index (χ0v) is 8.54. The Morgan fingerprint density at radius 3 is 2.07 bits per heavy atom. The van der Waals surface area contributed by atoms with Crippen molar-refractivity contribution < 1.29 is 4.79 Å². The minimum Gasteiger partial charge on any atom is -0.336 e. The third-order valence-corrected chi connectivity index (χ3v) is 4.39. The van der Waals surface area contributed by atoms with E-state index < -0.39 is 0 Å². The van der Waals surface area contributed by atoms with E-state index in [-0.39, 0.29) is 5.41 Å². The summed E-state index contributed by atoms with van der Waals surface area (Å²) in [5.74, 6) is 0.380. The average Bonchev–Trinajstić information content (AvgIpc) is 2.81. The highest BCUT2D eigenvalue weighted by Crippen LogP contribution is 2.50. The van der Waals surface area contributed by atoms with Crippen LogP contribution >= 0.6 is 0 Å². The molecule has 3 nitrogen and oxygen atoms in total. The molecule has 3 fully saturated rings. The Labute approximate surface area is 84.6 Å². The Balaban J connectivity index is 1.80. The summed E-state index contributed by atoms with van der Waals surface area (Å²) in [4.78, 5) is 14.4. The van der Waals surface area contributed by atoms with E-state index in [9.17, 15) is 4.79 Å². The van der Waals surface area contributed by atoms with Crippen molar-refractivity contribution in [1.82, 2.24) is 4.90 Å². The van der Waals surface area contributed by atoms with Crippen LogP contribution in [0, 0.1) is 5.41 Å². The molecule has 3 heteroatoms. The van der Waals surface area contributed by atoms with Crippen LogP contribution in [0.1, 0.15) is 38.5 Å². The Bertz CT molecular complexity index is 252. The Morgan fingerprint density at radius 2 is 1.71 bits per heavy atom. The summed E-state index contributed by atoms with van der Waals surface area (Å²) >= 11 is 0. The smallest absolute Gasteiger partial charge is 0.230 e. The zero-order chi connectivity index (χ0) is 9.76. The van der Waals surface area contributed by atoms with Gasteiger partial charge in [0, 0.05) is 18.6 Å². The molecule has 2 heterocycles. The molecule has 3 aliphatic rings. The SMILES string of the molecule is NCC1(C(=O)N2C3CCC2CC3)CC1. The molecule has 0 aromatic heterocycles. The molecule has 2 saturated heterocycles. The van der Waals surface area contributed by atoms with Gasteiger partial charge in [-0.3, -0.25) is 4.79 Å². The molecule has 0 aromatic carbocycles. The van der Waals surface area contributed by atoms with Crippen LogP contribution in [0.5, 0.6) is 0 Å². The van der Waals surface area contributed by atoms with Crippen LogP contribution in [-0.2, 0) is 4.79 Å². The Morgan fingerprint density at radius 1 is 1.21 bits per heavy atom. The highest BCUT2D eigenvalue weighted by Gasteiger charge is 2.55. The highest BCUT2D eigenvalue weighted by atomic mass is 16.2. The van der Waals surface area contributed by atoms with Crippen molar-refractivity contribution in [3.05, 3.63) is 0 Å². The van der Waals surface area contributed by atoms with Gasteiger partial charge in [0.15, 0.2) is 0 Å². The first-order valence-electron chi connectivity index (χ1n) is 5.80. The molecule has 2 N–H and O–H groups in total. The minimum atomic E-state index is -0.120. The van der Waals surface area contributed by atoms with Crippen molar-refractivity contribution in [3.63, 3.8) is 0 Å². The molecule has 0 unspecified atom stereocenters. The van der Waals surface area contributed by atoms with E-state index in [0.29, 0.717) is 24.5 Å². The summed E-state index contributed by atoms with van der Waals surface area (Å²) in [7, 11) is 0. The van der Waals surface area contributed by atoms with Gasteiger partial charge in [-0.2, -0.15) is 0 Å². The van der Waals surface area contributed by atoms with E-state index >= 15 is 0 Å². The maximum absolute atomic E-state index is 12.3. The normalized spacial score (nSPS) is 37.6. The number of nitrogens with zero attached hydrogens (tertiary/aromatic N) is 1. The second-order valence-corrected chi connectivity index (χ2v) is 5.16. The van der Waals surface area contributed by atoms with E-state index in [1.165, 1.54) is 25.7 Å². The van der Waals surface area contributed by atoms with Gasteiger partial charge in [0.2, 0.25) is 5.91 Å². The van der Waals surface area contributed by atoms with Crippen molar-refractivity contribution in [1.29, 1.82) is 0 Å². The molecule has 78 valence electrons. The quantitative estimate of drug-likeness (QED) is 0.709. The van der Waals surface area contributed by atoms with Crippen LogP contribution in [0.2, 0.25) is 0 Å². The predicted molar refractivity (Wildman–Crippen MR) is 53.6 cm³/mol. The van der Waals surface area contributed by atoms with Gasteiger partial charge in [-0.1, -0.05) is 0 Å². The van der Waals surface area contributed by atoms with E-state index in [2.05, 4.69) is 4.90 Å². The fourth-order valence-electron chi connectivity index (χ4n) is 3.17. The largest absolute Gasteiger partial charge is 0.336 e. The Hall–Kier alpha value is -0.570. The van der Waals surface area contributed by atoms with Crippen molar-refractivity contribution in [2.45, 2.75) is 50.6 Å². The minimum absolute atomic E-state index is 0.120. The number of carbonyl (C=O) groups is 1. The first-order valence-corrected chi connectivity index (χ1v) is 5.80. The highest BCUT2D eigenvalue weighted by molar-refractivity contribution is 5.86. The molecule has 0 aromatic rings. The molecule has 2 bridgehead atoms. The lowest BCUT2D eigenvalue weighted by Crippen LogP contribution is -2.43. The summed E-state index contributed by atoms with van der Waals surface area (Å²) in [6, 6.07) is 1.13. The number of hydrogen-bond donors (Lipinski definition) is 1. The molecule has 1 saturated carbocycles. The fraction of sp³-hybridized carbons (Fsp3) is 0.909. The fourth-order valence-corrected chi connectivity index (χ4v) is 3.17. The van der Waals surface area contributed by atoms with Crippen LogP contribution in [0.15, 0.2) is 0 Å². The summed E-state index contributed by atoms with van der Waals surface area (Å²) < 4.78 is 0. The van der Waals surface area contributed by atoms with Gasteiger partial charge in [-0.15, -0.1) is 0 Å². The molecule has 2 aliphatic heterocycles. The maximum atomic E-state index is 12.3. The molecule has 3 rings (SSSR count). The van der Waals surface area contributed by atoms with Crippen molar-refractivity contribution >= 4 is 5.91 Å². The third kappa shape index (κ3) is 0.991. The number of hydrogen-bond acceptors (Lipinski definition) is 2. The van der Waals surface area contributed by atoms with Gasteiger partial charge in [-0.25, -0.2) is 0 Å². The van der Waals surface area contributed by atoms with E-state index in [4.69, 9.17) is 5.73 Å². The van der Waals surface area contributed by atoms with Crippen LogP contribution in [0.3, 0.4) is 0 Å². The molecule has 0 radical (unpaired) electrons. The third-order valence-electron chi connectivity index (χ3n) is 4.39. The van der Waals surface area contributed by atoms with Gasteiger partial charge >= 0.3 is 0 Å². The van der Waals surface area contributed by atoms with Crippen molar-refractivity contribution in [3.8, 4) is 0 Å². The monoisotopic (exact) mass is 194 g/mol. The zero-order valence-electron chi connectivity index (χ0n) is 8.54. The molecule has 0 atom stereocenters. The first-order chi connectivity index (χ1) is 6.77. The summed E-state index contributed by atoms with van der Waals surface area (Å²) in [6.07, 6.45) is 6.98. The van der Waals surface area contributed by atoms with Crippen LogP contribution < -0.4 is 5.73 Å². The lowest BCUT2D eigenvalue weighted by atomic mass is 10.0. The Kier molecular flexibility index (Phi) is 1.69. The lowest BCUT2D eigenvalue weighted by Gasteiger charge is -2.26. The summed E-state index contributed by atoms with van der Waals surface area (Å²) in [6.45, 7) is 0.557. The molecule has 1 aliphatic carbocycles. The molecular formula is C11H18N2O. The standard InChI is InChI=1S/C11H18N2O/c12-7-11(5-6-11)10(14)13-8-1-2-9(13)4-3-8/h8-9H,1-7,12H2. The number of amides is 1. The van der Waals surface area contributed by atoms with Crippen LogP contribution in [0.4, 0.5) is 0 Å². The van der Waals surface area contributed by atoms with Crippen LogP contribution in [0.25, 0.3) is 0 Å². The molecule has 14 heavy (non-hydrogen) atoms. The number of rotatable bonds is 2.